The van der Waals surface area contributed by atoms with Crippen LogP contribution in [0.5, 0.6) is 0 Å². The van der Waals surface area contributed by atoms with Crippen LogP contribution in [0.3, 0.4) is 0 Å². The van der Waals surface area contributed by atoms with Crippen LogP contribution in [0.15, 0.2) is 12.4 Å². The van der Waals surface area contributed by atoms with E-state index in [1.807, 2.05) is 6.92 Å². The summed E-state index contributed by atoms with van der Waals surface area (Å²) in [6.07, 6.45) is -0.660. The standard InChI is InChI=1S/C12H17F3N2O/c1-2-17-8-7-16-10(17)11(18)5-3-9(4-6-11)12(13,14)15/h7-9,18H,2-6H2,1H3. The third kappa shape index (κ3) is 2.39. The van der Waals surface area contributed by atoms with E-state index >= 15 is 0 Å². The van der Waals surface area contributed by atoms with Gasteiger partial charge in [0.05, 0.1) is 5.92 Å². The number of alkyl halides is 3. The van der Waals surface area contributed by atoms with E-state index in [2.05, 4.69) is 4.98 Å². The Morgan fingerprint density at radius 1 is 1.44 bits per heavy atom. The topological polar surface area (TPSA) is 38.0 Å². The number of hydrogen-bond acceptors (Lipinski definition) is 2. The van der Waals surface area contributed by atoms with Crippen molar-refractivity contribution in [2.45, 2.75) is 50.9 Å². The molecule has 1 fully saturated rings. The van der Waals surface area contributed by atoms with Crippen molar-refractivity contribution in [1.29, 1.82) is 0 Å². The average molecular weight is 262 g/mol. The molecule has 102 valence electrons. The summed E-state index contributed by atoms with van der Waals surface area (Å²) in [7, 11) is 0. The second kappa shape index (κ2) is 4.57. The lowest BCUT2D eigenvalue weighted by Crippen LogP contribution is -2.38. The number of rotatable bonds is 2. The maximum absolute atomic E-state index is 12.6. The minimum Gasteiger partial charge on any atom is -0.382 e. The molecular weight excluding hydrogens is 245 g/mol. The molecule has 0 unspecified atom stereocenters. The molecule has 3 nitrogen and oxygen atoms in total. The van der Waals surface area contributed by atoms with Crippen molar-refractivity contribution in [1.82, 2.24) is 9.55 Å². The quantitative estimate of drug-likeness (QED) is 0.890. The molecule has 0 spiro atoms. The lowest BCUT2D eigenvalue weighted by molar-refractivity contribution is -0.193. The molecule has 0 bridgehead atoms. The van der Waals surface area contributed by atoms with E-state index in [0.717, 1.165) is 0 Å². The van der Waals surface area contributed by atoms with Gasteiger partial charge in [-0.15, -0.1) is 0 Å². The first-order valence-electron chi connectivity index (χ1n) is 6.17. The van der Waals surface area contributed by atoms with Crippen molar-refractivity contribution in [3.8, 4) is 0 Å². The second-order valence-electron chi connectivity index (χ2n) is 4.88. The Kier molecular flexibility index (Phi) is 3.40. The number of aryl methyl sites for hydroxylation is 1. The van der Waals surface area contributed by atoms with Gasteiger partial charge in [-0.25, -0.2) is 4.98 Å². The summed E-state index contributed by atoms with van der Waals surface area (Å²) < 4.78 is 39.5. The van der Waals surface area contributed by atoms with Gasteiger partial charge in [-0.1, -0.05) is 0 Å². The molecule has 6 heteroatoms. The second-order valence-corrected chi connectivity index (χ2v) is 4.88. The maximum atomic E-state index is 12.6. The molecule has 0 radical (unpaired) electrons. The van der Waals surface area contributed by atoms with Gasteiger partial charge in [-0.3, -0.25) is 0 Å². The van der Waals surface area contributed by atoms with Crippen molar-refractivity contribution >= 4 is 0 Å². The fourth-order valence-corrected chi connectivity index (χ4v) is 2.62. The number of imidazole rings is 1. The Bertz CT molecular complexity index is 406. The van der Waals surface area contributed by atoms with Crippen LogP contribution < -0.4 is 0 Å². The highest BCUT2D eigenvalue weighted by Crippen LogP contribution is 2.44. The summed E-state index contributed by atoms with van der Waals surface area (Å²) in [4.78, 5) is 4.10. The molecule has 0 aromatic carbocycles. The van der Waals surface area contributed by atoms with Crippen LogP contribution >= 0.6 is 0 Å². The summed E-state index contributed by atoms with van der Waals surface area (Å²) in [5.74, 6) is -0.798. The van der Waals surface area contributed by atoms with Crippen molar-refractivity contribution < 1.29 is 18.3 Å². The number of hydrogen-bond donors (Lipinski definition) is 1. The monoisotopic (exact) mass is 262 g/mol. The molecule has 1 aliphatic rings. The molecule has 1 aromatic heterocycles. The number of nitrogens with zero attached hydrogens (tertiary/aromatic N) is 2. The van der Waals surface area contributed by atoms with Crippen LogP contribution in [0.25, 0.3) is 0 Å². The van der Waals surface area contributed by atoms with E-state index in [4.69, 9.17) is 0 Å². The zero-order valence-corrected chi connectivity index (χ0v) is 10.2. The van der Waals surface area contributed by atoms with Crippen LogP contribution in [0.2, 0.25) is 0 Å². The van der Waals surface area contributed by atoms with Gasteiger partial charge < -0.3 is 9.67 Å². The van der Waals surface area contributed by atoms with Gasteiger partial charge in [0, 0.05) is 18.9 Å². The van der Waals surface area contributed by atoms with Crippen molar-refractivity contribution in [2.24, 2.45) is 5.92 Å². The largest absolute Gasteiger partial charge is 0.391 e. The normalized spacial score (nSPS) is 29.5. The average Bonchev–Trinajstić information content (AvgIpc) is 2.77. The summed E-state index contributed by atoms with van der Waals surface area (Å²) >= 11 is 0. The number of aliphatic hydroxyl groups is 1. The van der Waals surface area contributed by atoms with Crippen molar-refractivity contribution in [2.75, 3.05) is 0 Å². The van der Waals surface area contributed by atoms with Crippen LogP contribution in [-0.4, -0.2) is 20.8 Å². The molecule has 1 saturated carbocycles. The third-order valence-corrected chi connectivity index (χ3v) is 3.75. The Morgan fingerprint density at radius 3 is 2.56 bits per heavy atom. The van der Waals surface area contributed by atoms with Gasteiger partial charge in [0.1, 0.15) is 11.4 Å². The lowest BCUT2D eigenvalue weighted by atomic mass is 9.78. The molecule has 0 atom stereocenters. The molecule has 0 saturated heterocycles. The van der Waals surface area contributed by atoms with Crippen LogP contribution in [0.4, 0.5) is 13.2 Å². The summed E-state index contributed by atoms with van der Waals surface area (Å²) in [6.45, 7) is 2.57. The van der Waals surface area contributed by atoms with E-state index in [9.17, 15) is 18.3 Å². The Balaban J connectivity index is 2.12. The molecule has 0 amide bonds. The van der Waals surface area contributed by atoms with Crippen LogP contribution in [0.1, 0.15) is 38.4 Å². The predicted molar refractivity (Wildman–Crippen MR) is 59.8 cm³/mol. The SMILES string of the molecule is CCn1ccnc1C1(O)CCC(C(F)(F)F)CC1. The van der Waals surface area contributed by atoms with Gasteiger partial charge >= 0.3 is 6.18 Å². The lowest BCUT2D eigenvalue weighted by Gasteiger charge is -2.36. The van der Waals surface area contributed by atoms with Crippen molar-refractivity contribution in [3.05, 3.63) is 18.2 Å². The van der Waals surface area contributed by atoms with Gasteiger partial charge in [0.25, 0.3) is 0 Å². The Morgan fingerprint density at radius 2 is 2.06 bits per heavy atom. The zero-order chi connectivity index (χ0) is 13.4. The fraction of sp³-hybridized carbons (Fsp3) is 0.750. The van der Waals surface area contributed by atoms with Gasteiger partial charge in [0.15, 0.2) is 0 Å². The Labute approximate surface area is 104 Å². The first kappa shape index (κ1) is 13.4. The highest BCUT2D eigenvalue weighted by molar-refractivity contribution is 5.07. The molecule has 1 aromatic rings. The minimum atomic E-state index is -4.15. The minimum absolute atomic E-state index is 0.0312. The van der Waals surface area contributed by atoms with E-state index in [0.29, 0.717) is 12.4 Å². The van der Waals surface area contributed by atoms with E-state index in [-0.39, 0.29) is 25.7 Å². The third-order valence-electron chi connectivity index (χ3n) is 3.75. The zero-order valence-electron chi connectivity index (χ0n) is 10.2. The Hall–Kier alpha value is -1.04. The summed E-state index contributed by atoms with van der Waals surface area (Å²) in [5, 5.41) is 10.5. The molecule has 1 heterocycles. The summed E-state index contributed by atoms with van der Waals surface area (Å²) in [6, 6.07) is 0. The molecule has 18 heavy (non-hydrogen) atoms. The highest BCUT2D eigenvalue weighted by atomic mass is 19.4. The summed E-state index contributed by atoms with van der Waals surface area (Å²) in [5.41, 5.74) is -1.21. The van der Waals surface area contributed by atoms with Crippen LogP contribution in [-0.2, 0) is 12.1 Å². The smallest absolute Gasteiger partial charge is 0.382 e. The van der Waals surface area contributed by atoms with Gasteiger partial charge in [0.2, 0.25) is 0 Å². The fourth-order valence-electron chi connectivity index (χ4n) is 2.62. The van der Waals surface area contributed by atoms with Crippen LogP contribution in [0, 0.1) is 5.92 Å². The number of aromatic nitrogens is 2. The predicted octanol–water partition coefficient (Wildman–Crippen LogP) is 2.84. The van der Waals surface area contributed by atoms with E-state index in [1.54, 1.807) is 17.0 Å². The van der Waals surface area contributed by atoms with Gasteiger partial charge in [-0.2, -0.15) is 13.2 Å². The van der Waals surface area contributed by atoms with E-state index in [1.165, 1.54) is 0 Å². The molecule has 1 aliphatic carbocycles. The van der Waals surface area contributed by atoms with E-state index < -0.39 is 17.7 Å². The number of halogens is 3. The maximum Gasteiger partial charge on any atom is 0.391 e. The molecule has 2 rings (SSSR count). The highest BCUT2D eigenvalue weighted by Gasteiger charge is 2.47. The molecule has 1 N–H and O–H groups in total. The first-order valence-corrected chi connectivity index (χ1v) is 6.17. The molecule has 0 aliphatic heterocycles. The molecular formula is C12H17F3N2O. The van der Waals surface area contributed by atoms with Gasteiger partial charge in [-0.05, 0) is 32.6 Å². The van der Waals surface area contributed by atoms with Crippen molar-refractivity contribution in [3.63, 3.8) is 0 Å². The first-order chi connectivity index (χ1) is 8.37.